The molecule has 0 unspecified atom stereocenters. The summed E-state index contributed by atoms with van der Waals surface area (Å²) in [5.41, 5.74) is 1.90. The van der Waals surface area contributed by atoms with Crippen molar-refractivity contribution in [2.75, 3.05) is 5.32 Å². The summed E-state index contributed by atoms with van der Waals surface area (Å²) in [5, 5.41) is 4.37. The van der Waals surface area contributed by atoms with Gasteiger partial charge >= 0.3 is 0 Å². The monoisotopic (exact) mass is 224 g/mol. The molecule has 0 aromatic carbocycles. The van der Waals surface area contributed by atoms with Crippen molar-refractivity contribution in [3.63, 3.8) is 0 Å². The maximum atomic E-state index is 4.46. The molecule has 0 spiro atoms. The van der Waals surface area contributed by atoms with Crippen molar-refractivity contribution >= 4 is 16.9 Å². The zero-order chi connectivity index (χ0) is 11.5. The Labute approximate surface area is 98.7 Å². The molecule has 0 saturated carbocycles. The number of nitrogens with one attached hydrogen (secondary N) is 2. The average molecular weight is 224 g/mol. The second-order valence-corrected chi connectivity index (χ2v) is 3.79. The van der Waals surface area contributed by atoms with Crippen molar-refractivity contribution in [2.45, 2.75) is 6.54 Å². The van der Waals surface area contributed by atoms with Crippen LogP contribution in [0, 0.1) is 0 Å². The van der Waals surface area contributed by atoms with Gasteiger partial charge in [-0.15, -0.1) is 0 Å². The fraction of sp³-hybridized carbons (Fsp3) is 0.0769. The summed E-state index contributed by atoms with van der Waals surface area (Å²) < 4.78 is 0. The smallest absolute Gasteiger partial charge is 0.139 e. The van der Waals surface area contributed by atoms with Crippen LogP contribution < -0.4 is 5.32 Å². The number of nitrogens with zero attached hydrogens (tertiary/aromatic N) is 2. The van der Waals surface area contributed by atoms with Gasteiger partial charge in [0.1, 0.15) is 11.5 Å². The number of hydrogen-bond acceptors (Lipinski definition) is 3. The first-order chi connectivity index (χ1) is 8.42. The Morgan fingerprint density at radius 2 is 2.12 bits per heavy atom. The Kier molecular flexibility index (Phi) is 2.46. The molecule has 3 aromatic heterocycles. The van der Waals surface area contributed by atoms with Crippen LogP contribution in [0.3, 0.4) is 0 Å². The summed E-state index contributed by atoms with van der Waals surface area (Å²) >= 11 is 0. The Hall–Kier alpha value is -2.36. The molecule has 2 N–H and O–H groups in total. The summed E-state index contributed by atoms with van der Waals surface area (Å²) in [4.78, 5) is 11.8. The number of H-pyrrole nitrogens is 1. The molecule has 3 rings (SSSR count). The number of aromatic nitrogens is 3. The van der Waals surface area contributed by atoms with E-state index in [2.05, 4.69) is 20.3 Å². The minimum Gasteiger partial charge on any atom is -0.364 e. The highest BCUT2D eigenvalue weighted by molar-refractivity contribution is 5.77. The number of hydrogen-bond donors (Lipinski definition) is 2. The molecule has 0 aliphatic carbocycles. The lowest BCUT2D eigenvalue weighted by Crippen LogP contribution is -2.02. The van der Waals surface area contributed by atoms with Crippen LogP contribution in [0.5, 0.6) is 0 Å². The third-order valence-corrected chi connectivity index (χ3v) is 2.59. The first kappa shape index (κ1) is 9.84. The van der Waals surface area contributed by atoms with Gasteiger partial charge in [0, 0.05) is 17.8 Å². The van der Waals surface area contributed by atoms with Gasteiger partial charge in [-0.25, -0.2) is 4.98 Å². The zero-order valence-electron chi connectivity index (χ0n) is 9.22. The molecular formula is C13H12N4. The van der Waals surface area contributed by atoms with E-state index >= 15 is 0 Å². The van der Waals surface area contributed by atoms with Crippen LogP contribution >= 0.6 is 0 Å². The molecule has 3 heterocycles. The van der Waals surface area contributed by atoms with E-state index in [9.17, 15) is 0 Å². The van der Waals surface area contributed by atoms with Crippen LogP contribution in [0.25, 0.3) is 11.0 Å². The lowest BCUT2D eigenvalue weighted by molar-refractivity contribution is 1.03. The van der Waals surface area contributed by atoms with Gasteiger partial charge in [0.15, 0.2) is 0 Å². The molecule has 3 aromatic rings. The van der Waals surface area contributed by atoms with E-state index in [1.807, 2.05) is 42.6 Å². The van der Waals surface area contributed by atoms with Gasteiger partial charge in [0.25, 0.3) is 0 Å². The quantitative estimate of drug-likeness (QED) is 0.719. The van der Waals surface area contributed by atoms with Gasteiger partial charge in [-0.05, 0) is 30.3 Å². The molecule has 0 saturated heterocycles. The van der Waals surface area contributed by atoms with Gasteiger partial charge in [-0.1, -0.05) is 6.07 Å². The SMILES string of the molecule is c1ccc(CNc2ccc3cc[nH]c3n2)nc1. The van der Waals surface area contributed by atoms with Crippen LogP contribution in [0.15, 0.2) is 48.8 Å². The van der Waals surface area contributed by atoms with E-state index in [1.54, 1.807) is 6.20 Å². The lowest BCUT2D eigenvalue weighted by Gasteiger charge is -2.04. The van der Waals surface area contributed by atoms with E-state index in [0.717, 1.165) is 22.5 Å². The Balaban J connectivity index is 1.76. The highest BCUT2D eigenvalue weighted by Crippen LogP contribution is 2.13. The molecule has 17 heavy (non-hydrogen) atoms. The third-order valence-electron chi connectivity index (χ3n) is 2.59. The number of anilines is 1. The molecule has 84 valence electrons. The van der Waals surface area contributed by atoms with Crippen LogP contribution in [0.1, 0.15) is 5.69 Å². The second kappa shape index (κ2) is 4.25. The van der Waals surface area contributed by atoms with Crippen molar-refractivity contribution in [3.05, 3.63) is 54.5 Å². The standard InChI is InChI=1S/C13H12N4/c1-2-7-14-11(3-1)9-16-12-5-4-10-6-8-15-13(10)17-12/h1-8H,9H2,(H2,15,16,17). The molecule has 0 bridgehead atoms. The van der Waals surface area contributed by atoms with Crippen molar-refractivity contribution in [2.24, 2.45) is 0 Å². The number of rotatable bonds is 3. The van der Waals surface area contributed by atoms with Gasteiger partial charge in [-0.2, -0.15) is 0 Å². The van der Waals surface area contributed by atoms with E-state index in [-0.39, 0.29) is 0 Å². The highest BCUT2D eigenvalue weighted by atomic mass is 15.0. The zero-order valence-corrected chi connectivity index (χ0v) is 9.22. The molecule has 4 heteroatoms. The summed E-state index contributed by atoms with van der Waals surface area (Å²) in [6, 6.07) is 11.9. The topological polar surface area (TPSA) is 53.6 Å². The normalized spacial score (nSPS) is 10.6. The van der Waals surface area contributed by atoms with Crippen molar-refractivity contribution in [3.8, 4) is 0 Å². The summed E-state index contributed by atoms with van der Waals surface area (Å²) in [7, 11) is 0. The Bertz CT molecular complexity index is 615. The number of aromatic amines is 1. The Morgan fingerprint density at radius 3 is 3.00 bits per heavy atom. The summed E-state index contributed by atoms with van der Waals surface area (Å²) in [5.74, 6) is 0.852. The largest absolute Gasteiger partial charge is 0.364 e. The van der Waals surface area contributed by atoms with Crippen LogP contribution in [0.2, 0.25) is 0 Å². The molecule has 0 radical (unpaired) electrons. The van der Waals surface area contributed by atoms with Crippen molar-refractivity contribution < 1.29 is 0 Å². The van der Waals surface area contributed by atoms with Gasteiger partial charge < -0.3 is 10.3 Å². The molecule has 0 atom stereocenters. The third kappa shape index (κ3) is 2.10. The highest BCUT2D eigenvalue weighted by Gasteiger charge is 1.99. The number of fused-ring (bicyclic) bond motifs is 1. The number of pyridine rings is 2. The fourth-order valence-electron chi connectivity index (χ4n) is 1.71. The minimum atomic E-state index is 0.681. The lowest BCUT2D eigenvalue weighted by atomic mass is 10.3. The Morgan fingerprint density at radius 1 is 1.12 bits per heavy atom. The van der Waals surface area contributed by atoms with Crippen LogP contribution in [0.4, 0.5) is 5.82 Å². The van der Waals surface area contributed by atoms with Crippen LogP contribution in [-0.2, 0) is 6.54 Å². The molecule has 4 nitrogen and oxygen atoms in total. The molecular weight excluding hydrogens is 212 g/mol. The van der Waals surface area contributed by atoms with Crippen molar-refractivity contribution in [1.82, 2.24) is 15.0 Å². The van der Waals surface area contributed by atoms with Crippen molar-refractivity contribution in [1.29, 1.82) is 0 Å². The van der Waals surface area contributed by atoms with Gasteiger partial charge in [-0.3, -0.25) is 4.98 Å². The van der Waals surface area contributed by atoms with E-state index < -0.39 is 0 Å². The summed E-state index contributed by atoms with van der Waals surface area (Å²) in [6.07, 6.45) is 3.68. The van der Waals surface area contributed by atoms with E-state index in [0.29, 0.717) is 6.54 Å². The molecule has 0 aliphatic rings. The average Bonchev–Trinajstić information content (AvgIpc) is 2.85. The minimum absolute atomic E-state index is 0.681. The first-order valence-corrected chi connectivity index (χ1v) is 5.50. The maximum absolute atomic E-state index is 4.46. The maximum Gasteiger partial charge on any atom is 0.139 e. The molecule has 0 aliphatic heterocycles. The molecule has 0 amide bonds. The summed E-state index contributed by atoms with van der Waals surface area (Å²) in [6.45, 7) is 0.681. The van der Waals surface area contributed by atoms with E-state index in [1.165, 1.54) is 0 Å². The van der Waals surface area contributed by atoms with E-state index in [4.69, 9.17) is 0 Å². The van der Waals surface area contributed by atoms with Crippen LogP contribution in [-0.4, -0.2) is 15.0 Å². The fourth-order valence-corrected chi connectivity index (χ4v) is 1.71. The predicted molar refractivity (Wildman–Crippen MR) is 67.7 cm³/mol. The second-order valence-electron chi connectivity index (χ2n) is 3.79. The first-order valence-electron chi connectivity index (χ1n) is 5.50. The molecule has 0 fully saturated rings. The predicted octanol–water partition coefficient (Wildman–Crippen LogP) is 2.57. The van der Waals surface area contributed by atoms with Gasteiger partial charge in [0.05, 0.1) is 12.2 Å². The van der Waals surface area contributed by atoms with Gasteiger partial charge in [0.2, 0.25) is 0 Å².